The lowest BCUT2D eigenvalue weighted by Crippen LogP contribution is -2.31. The summed E-state index contributed by atoms with van der Waals surface area (Å²) >= 11 is 0. The van der Waals surface area contributed by atoms with Gasteiger partial charge in [0.1, 0.15) is 0 Å². The third kappa shape index (κ3) is 3.19. The minimum absolute atomic E-state index is 0.136. The van der Waals surface area contributed by atoms with E-state index >= 15 is 0 Å². The first-order valence-corrected chi connectivity index (χ1v) is 6.19. The molecule has 0 aromatic heterocycles. The quantitative estimate of drug-likeness (QED) is 0.727. The number of hydrogen-bond donors (Lipinski definition) is 0. The molecule has 0 atom stereocenters. The van der Waals surface area contributed by atoms with Crippen molar-refractivity contribution in [2.75, 3.05) is 0 Å². The van der Waals surface area contributed by atoms with Crippen molar-refractivity contribution in [1.82, 2.24) is 4.90 Å². The van der Waals surface area contributed by atoms with Crippen molar-refractivity contribution in [1.29, 1.82) is 0 Å². The van der Waals surface area contributed by atoms with Crippen molar-refractivity contribution in [3.8, 4) is 0 Å². The van der Waals surface area contributed by atoms with Crippen LogP contribution in [0.25, 0.3) is 0 Å². The zero-order valence-corrected chi connectivity index (χ0v) is 10.5. The fourth-order valence-electron chi connectivity index (χ4n) is 2.02. The lowest BCUT2D eigenvalue weighted by Gasteiger charge is -2.21. The summed E-state index contributed by atoms with van der Waals surface area (Å²) in [7, 11) is 0. The van der Waals surface area contributed by atoms with Gasteiger partial charge in [-0.1, -0.05) is 35.9 Å². The minimum Gasteiger partial charge on any atom is -0.332 e. The van der Waals surface area contributed by atoms with Gasteiger partial charge < -0.3 is 4.90 Å². The van der Waals surface area contributed by atoms with Gasteiger partial charge in [0, 0.05) is 12.6 Å². The highest BCUT2D eigenvalue weighted by Crippen LogP contribution is 2.28. The summed E-state index contributed by atoms with van der Waals surface area (Å²) in [6, 6.07) is 8.83. The summed E-state index contributed by atoms with van der Waals surface area (Å²) in [5.74, 6) is 0.136. The topological polar surface area (TPSA) is 20.3 Å². The summed E-state index contributed by atoms with van der Waals surface area (Å²) in [6.45, 7) is 4.70. The predicted molar refractivity (Wildman–Crippen MR) is 69.6 cm³/mol. The maximum Gasteiger partial charge on any atom is 0.246 e. The molecule has 2 nitrogen and oxygen atoms in total. The molecule has 1 aromatic rings. The molecule has 1 fully saturated rings. The molecule has 2 rings (SSSR count). The molecule has 1 aliphatic rings. The monoisotopic (exact) mass is 229 g/mol. The van der Waals surface area contributed by atoms with E-state index < -0.39 is 0 Å². The van der Waals surface area contributed by atoms with Crippen LogP contribution >= 0.6 is 0 Å². The van der Waals surface area contributed by atoms with E-state index in [1.807, 2.05) is 17.9 Å². The van der Waals surface area contributed by atoms with Gasteiger partial charge in [0.05, 0.1) is 0 Å². The zero-order chi connectivity index (χ0) is 12.3. The molecule has 2 heteroatoms. The van der Waals surface area contributed by atoms with Gasteiger partial charge in [-0.05, 0) is 38.3 Å². The van der Waals surface area contributed by atoms with Crippen LogP contribution in [0.5, 0.6) is 0 Å². The maximum absolute atomic E-state index is 12.0. The van der Waals surface area contributed by atoms with Crippen molar-refractivity contribution in [3.05, 3.63) is 47.5 Å². The second kappa shape index (κ2) is 5.17. The van der Waals surface area contributed by atoms with Gasteiger partial charge in [0.15, 0.2) is 0 Å². The van der Waals surface area contributed by atoms with Crippen LogP contribution in [0.15, 0.2) is 36.4 Å². The third-order valence-corrected chi connectivity index (χ3v) is 3.02. The van der Waals surface area contributed by atoms with E-state index in [2.05, 4.69) is 31.2 Å². The maximum atomic E-state index is 12.0. The fraction of sp³-hybridized carbons (Fsp3) is 0.400. The van der Waals surface area contributed by atoms with Crippen LogP contribution < -0.4 is 0 Å². The molecule has 0 radical (unpaired) electrons. The van der Waals surface area contributed by atoms with E-state index in [1.165, 1.54) is 11.1 Å². The molecule has 1 aliphatic carbocycles. The highest BCUT2D eigenvalue weighted by Gasteiger charge is 2.31. The first-order chi connectivity index (χ1) is 8.20. The van der Waals surface area contributed by atoms with Gasteiger partial charge in [-0.3, -0.25) is 4.79 Å². The fourth-order valence-corrected chi connectivity index (χ4v) is 2.02. The van der Waals surface area contributed by atoms with Crippen molar-refractivity contribution < 1.29 is 4.79 Å². The number of amides is 1. The van der Waals surface area contributed by atoms with Crippen molar-refractivity contribution in [2.45, 2.75) is 39.3 Å². The third-order valence-electron chi connectivity index (χ3n) is 3.02. The number of carbonyl (C=O) groups is 1. The Morgan fingerprint density at radius 2 is 2.24 bits per heavy atom. The van der Waals surface area contributed by atoms with Crippen molar-refractivity contribution >= 4 is 5.91 Å². The van der Waals surface area contributed by atoms with E-state index in [4.69, 9.17) is 0 Å². The van der Waals surface area contributed by atoms with Gasteiger partial charge in [0.2, 0.25) is 5.91 Å². The zero-order valence-electron chi connectivity index (χ0n) is 10.5. The number of benzene rings is 1. The Kier molecular flexibility index (Phi) is 3.62. The molecule has 17 heavy (non-hydrogen) atoms. The van der Waals surface area contributed by atoms with Gasteiger partial charge in [0.25, 0.3) is 0 Å². The standard InChI is InChI=1S/C15H19NO/c1-3-5-15(17)16(14-8-9-14)11-13-7-4-6-12(2)10-13/h3-7,10,14H,8-9,11H2,1-2H3. The van der Waals surface area contributed by atoms with Crippen LogP contribution in [0, 0.1) is 6.92 Å². The van der Waals surface area contributed by atoms with Gasteiger partial charge in [-0.2, -0.15) is 0 Å². The lowest BCUT2D eigenvalue weighted by molar-refractivity contribution is -0.127. The normalized spacial score (nSPS) is 15.2. The summed E-state index contributed by atoms with van der Waals surface area (Å²) in [5.41, 5.74) is 2.46. The molecule has 0 unspecified atom stereocenters. The largest absolute Gasteiger partial charge is 0.332 e. The number of allylic oxidation sites excluding steroid dienone is 1. The molecular formula is C15H19NO. The summed E-state index contributed by atoms with van der Waals surface area (Å²) in [6.07, 6.45) is 5.77. The smallest absolute Gasteiger partial charge is 0.246 e. The molecular weight excluding hydrogens is 210 g/mol. The van der Waals surface area contributed by atoms with Crippen LogP contribution in [0.2, 0.25) is 0 Å². The number of carbonyl (C=O) groups excluding carboxylic acids is 1. The Hall–Kier alpha value is -1.57. The number of aryl methyl sites for hydroxylation is 1. The molecule has 90 valence electrons. The first-order valence-electron chi connectivity index (χ1n) is 6.19. The predicted octanol–water partition coefficient (Wildman–Crippen LogP) is 3.06. The molecule has 0 saturated heterocycles. The van der Waals surface area contributed by atoms with Crippen LogP contribution in [-0.2, 0) is 11.3 Å². The van der Waals surface area contributed by atoms with Gasteiger partial charge in [-0.15, -0.1) is 0 Å². The second-order valence-corrected chi connectivity index (χ2v) is 4.69. The highest BCUT2D eigenvalue weighted by atomic mass is 16.2. The average Bonchev–Trinajstić information content (AvgIpc) is 3.10. The minimum atomic E-state index is 0.136. The van der Waals surface area contributed by atoms with Crippen molar-refractivity contribution in [3.63, 3.8) is 0 Å². The second-order valence-electron chi connectivity index (χ2n) is 4.69. The number of hydrogen-bond acceptors (Lipinski definition) is 1. The van der Waals surface area contributed by atoms with E-state index in [9.17, 15) is 4.79 Å². The Balaban J connectivity index is 2.10. The average molecular weight is 229 g/mol. The van der Waals surface area contributed by atoms with Gasteiger partial charge >= 0.3 is 0 Å². The molecule has 1 aromatic carbocycles. The van der Waals surface area contributed by atoms with Crippen molar-refractivity contribution in [2.24, 2.45) is 0 Å². The van der Waals surface area contributed by atoms with E-state index in [1.54, 1.807) is 6.08 Å². The van der Waals surface area contributed by atoms with Crippen LogP contribution in [-0.4, -0.2) is 16.8 Å². The SMILES string of the molecule is CC=CC(=O)N(Cc1cccc(C)c1)C1CC1. The molecule has 0 heterocycles. The molecule has 0 N–H and O–H groups in total. The van der Waals surface area contributed by atoms with Crippen LogP contribution in [0.4, 0.5) is 0 Å². The molecule has 0 spiro atoms. The number of rotatable bonds is 4. The Bertz CT molecular complexity index is 432. The van der Waals surface area contributed by atoms with Gasteiger partial charge in [-0.25, -0.2) is 0 Å². The Morgan fingerprint density at radius 1 is 1.47 bits per heavy atom. The first kappa shape index (κ1) is 11.9. The van der Waals surface area contributed by atoms with E-state index in [0.29, 0.717) is 6.04 Å². The summed E-state index contributed by atoms with van der Waals surface area (Å²) < 4.78 is 0. The summed E-state index contributed by atoms with van der Waals surface area (Å²) in [5, 5.41) is 0. The molecule has 0 bridgehead atoms. The van der Waals surface area contributed by atoms with Crippen LogP contribution in [0.3, 0.4) is 0 Å². The molecule has 1 saturated carbocycles. The lowest BCUT2D eigenvalue weighted by atomic mass is 10.1. The van der Waals surface area contributed by atoms with Crippen LogP contribution in [0.1, 0.15) is 30.9 Å². The van der Waals surface area contributed by atoms with E-state index in [0.717, 1.165) is 19.4 Å². The Morgan fingerprint density at radius 3 is 2.82 bits per heavy atom. The highest BCUT2D eigenvalue weighted by molar-refractivity contribution is 5.88. The number of nitrogens with zero attached hydrogens (tertiary/aromatic N) is 1. The Labute approximate surface area is 103 Å². The summed E-state index contributed by atoms with van der Waals surface area (Å²) in [4.78, 5) is 13.9. The molecule has 0 aliphatic heterocycles. The molecule has 1 amide bonds. The van der Waals surface area contributed by atoms with E-state index in [-0.39, 0.29) is 5.91 Å².